The van der Waals surface area contributed by atoms with Gasteiger partial charge < -0.3 is 4.74 Å². The molecule has 20 heavy (non-hydrogen) atoms. The fourth-order valence-corrected chi connectivity index (χ4v) is 2.34. The molecule has 0 heterocycles. The zero-order chi connectivity index (χ0) is 14.6. The Morgan fingerprint density at radius 3 is 2.45 bits per heavy atom. The maximum absolute atomic E-state index is 14.0. The van der Waals surface area contributed by atoms with Crippen molar-refractivity contribution in [2.24, 2.45) is 0 Å². The maximum atomic E-state index is 14.0. The van der Waals surface area contributed by atoms with E-state index >= 15 is 0 Å². The minimum Gasteiger partial charge on any atom is -0.487 e. The van der Waals surface area contributed by atoms with Crippen molar-refractivity contribution in [3.63, 3.8) is 0 Å². The Bertz CT molecular complexity index is 575. The number of ether oxygens (including phenoxy) is 1. The predicted molar refractivity (Wildman–Crippen MR) is 79.5 cm³/mol. The third kappa shape index (κ3) is 3.70. The van der Waals surface area contributed by atoms with Gasteiger partial charge in [-0.3, -0.25) is 0 Å². The molecule has 2 rings (SSSR count). The number of benzene rings is 2. The molecule has 0 aliphatic heterocycles. The lowest BCUT2D eigenvalue weighted by Crippen LogP contribution is -2.23. The van der Waals surface area contributed by atoms with Gasteiger partial charge in [0.25, 0.3) is 0 Å². The molecule has 0 aliphatic rings. The van der Waals surface area contributed by atoms with Crippen LogP contribution in [0.4, 0.5) is 8.78 Å². The zero-order valence-electron chi connectivity index (χ0n) is 10.5. The highest BCUT2D eigenvalue weighted by molar-refractivity contribution is 9.10. The summed E-state index contributed by atoms with van der Waals surface area (Å²) in [6, 6.07) is 12.7. The first-order valence-electron chi connectivity index (χ1n) is 5.93. The smallest absolute Gasteiger partial charge is 0.306 e. The van der Waals surface area contributed by atoms with Gasteiger partial charge in [-0.25, -0.2) is 0 Å². The molecule has 0 unspecified atom stereocenters. The number of rotatable bonds is 5. The molecule has 106 valence electrons. The SMILES string of the molecule is FC(F)(COc1ccc(Br)cc1CCl)c1ccccc1. The van der Waals surface area contributed by atoms with E-state index in [2.05, 4.69) is 15.9 Å². The molecule has 0 aliphatic carbocycles. The predicted octanol–water partition coefficient (Wildman–Crippen LogP) is 5.36. The van der Waals surface area contributed by atoms with Gasteiger partial charge in [-0.05, 0) is 18.2 Å². The summed E-state index contributed by atoms with van der Waals surface area (Å²) in [4.78, 5) is 0. The highest BCUT2D eigenvalue weighted by Crippen LogP contribution is 2.31. The summed E-state index contributed by atoms with van der Waals surface area (Å²) in [7, 11) is 0. The Labute approximate surface area is 129 Å². The first-order valence-corrected chi connectivity index (χ1v) is 7.26. The molecule has 0 saturated heterocycles. The molecule has 0 spiro atoms. The van der Waals surface area contributed by atoms with Crippen molar-refractivity contribution < 1.29 is 13.5 Å². The summed E-state index contributed by atoms with van der Waals surface area (Å²) in [6.45, 7) is -0.720. The Morgan fingerprint density at radius 1 is 1.10 bits per heavy atom. The van der Waals surface area contributed by atoms with Crippen molar-refractivity contribution >= 4 is 27.5 Å². The van der Waals surface area contributed by atoms with Crippen molar-refractivity contribution in [1.82, 2.24) is 0 Å². The van der Waals surface area contributed by atoms with Crippen LogP contribution in [-0.4, -0.2) is 6.61 Å². The topological polar surface area (TPSA) is 9.23 Å². The van der Waals surface area contributed by atoms with Gasteiger partial charge in [0.15, 0.2) is 6.61 Å². The van der Waals surface area contributed by atoms with Gasteiger partial charge in [0.05, 0.1) is 5.88 Å². The second kappa shape index (κ2) is 6.55. The Kier molecular flexibility index (Phi) is 5.00. The Hall–Kier alpha value is -1.13. The zero-order valence-corrected chi connectivity index (χ0v) is 12.8. The fraction of sp³-hybridized carbons (Fsp3) is 0.200. The van der Waals surface area contributed by atoms with Gasteiger partial charge in [0.1, 0.15) is 5.75 Å². The van der Waals surface area contributed by atoms with Gasteiger partial charge in [-0.2, -0.15) is 8.78 Å². The fourth-order valence-electron chi connectivity index (χ4n) is 1.73. The highest BCUT2D eigenvalue weighted by atomic mass is 79.9. The average Bonchev–Trinajstić information content (AvgIpc) is 2.46. The molecule has 0 N–H and O–H groups in total. The van der Waals surface area contributed by atoms with Crippen molar-refractivity contribution in [2.75, 3.05) is 6.61 Å². The van der Waals surface area contributed by atoms with E-state index < -0.39 is 12.5 Å². The number of hydrogen-bond acceptors (Lipinski definition) is 1. The van der Waals surface area contributed by atoms with E-state index in [0.29, 0.717) is 11.3 Å². The van der Waals surface area contributed by atoms with Crippen molar-refractivity contribution in [3.05, 3.63) is 64.1 Å². The molecule has 0 amide bonds. The molecule has 0 atom stereocenters. The molecular formula is C15H12BrClF2O. The van der Waals surface area contributed by atoms with Crippen LogP contribution in [0.2, 0.25) is 0 Å². The minimum absolute atomic E-state index is 0.0652. The summed E-state index contributed by atoms with van der Waals surface area (Å²) >= 11 is 9.08. The van der Waals surface area contributed by atoms with Gasteiger partial charge >= 0.3 is 5.92 Å². The summed E-state index contributed by atoms with van der Waals surface area (Å²) in [5.41, 5.74) is 0.606. The van der Waals surface area contributed by atoms with Crippen LogP contribution < -0.4 is 4.74 Å². The van der Waals surface area contributed by atoms with Crippen LogP contribution in [0.15, 0.2) is 53.0 Å². The average molecular weight is 362 g/mol. The first kappa shape index (κ1) is 15.3. The van der Waals surface area contributed by atoms with Crippen LogP contribution in [0, 0.1) is 0 Å². The van der Waals surface area contributed by atoms with Crippen LogP contribution >= 0.6 is 27.5 Å². The lowest BCUT2D eigenvalue weighted by molar-refractivity contribution is -0.0468. The second-order valence-electron chi connectivity index (χ2n) is 4.24. The molecule has 0 aromatic heterocycles. The summed E-state index contributed by atoms with van der Waals surface area (Å²) in [5.74, 6) is -2.47. The number of halogens is 4. The first-order chi connectivity index (χ1) is 9.53. The standard InChI is InChI=1S/C15H12BrClF2O/c16-13-6-7-14(11(8-13)9-17)20-10-15(18,19)12-4-2-1-3-5-12/h1-8H,9-10H2. The van der Waals surface area contributed by atoms with Crippen molar-refractivity contribution in [3.8, 4) is 5.75 Å². The molecule has 2 aromatic rings. The molecule has 0 radical (unpaired) electrons. The minimum atomic E-state index is -3.04. The van der Waals surface area contributed by atoms with Gasteiger partial charge in [-0.15, -0.1) is 11.6 Å². The lowest BCUT2D eigenvalue weighted by Gasteiger charge is -2.18. The molecule has 0 bridgehead atoms. The second-order valence-corrected chi connectivity index (χ2v) is 5.43. The number of alkyl halides is 3. The summed E-state index contributed by atoms with van der Waals surface area (Å²) in [6.07, 6.45) is 0. The monoisotopic (exact) mass is 360 g/mol. The Balaban J connectivity index is 2.12. The van der Waals surface area contributed by atoms with Crippen LogP contribution in [0.3, 0.4) is 0 Å². The van der Waals surface area contributed by atoms with Gasteiger partial charge in [0.2, 0.25) is 0 Å². The van der Waals surface area contributed by atoms with E-state index in [4.69, 9.17) is 16.3 Å². The van der Waals surface area contributed by atoms with Crippen LogP contribution in [0.25, 0.3) is 0 Å². The molecule has 0 saturated carbocycles. The molecule has 1 nitrogen and oxygen atoms in total. The van der Waals surface area contributed by atoms with Crippen molar-refractivity contribution in [1.29, 1.82) is 0 Å². The quantitative estimate of drug-likeness (QED) is 0.652. The van der Waals surface area contributed by atoms with Crippen LogP contribution in [-0.2, 0) is 11.8 Å². The van der Waals surface area contributed by atoms with Gasteiger partial charge in [0, 0.05) is 15.6 Å². The van der Waals surface area contributed by atoms with E-state index in [9.17, 15) is 8.78 Å². The summed E-state index contributed by atoms with van der Waals surface area (Å²) in [5, 5.41) is 0. The van der Waals surface area contributed by atoms with Crippen molar-refractivity contribution in [2.45, 2.75) is 11.8 Å². The van der Waals surface area contributed by atoms with Crippen LogP contribution in [0.1, 0.15) is 11.1 Å². The van der Waals surface area contributed by atoms with Crippen LogP contribution in [0.5, 0.6) is 5.75 Å². The largest absolute Gasteiger partial charge is 0.487 e. The lowest BCUT2D eigenvalue weighted by atomic mass is 10.1. The Morgan fingerprint density at radius 2 is 1.80 bits per heavy atom. The summed E-state index contributed by atoms with van der Waals surface area (Å²) < 4.78 is 34.1. The van der Waals surface area contributed by atoms with E-state index in [1.54, 1.807) is 36.4 Å². The van der Waals surface area contributed by atoms with E-state index in [-0.39, 0.29) is 11.4 Å². The third-order valence-corrected chi connectivity index (χ3v) is 3.55. The highest BCUT2D eigenvalue weighted by Gasteiger charge is 2.32. The van der Waals surface area contributed by atoms with E-state index in [0.717, 1.165) is 4.47 Å². The third-order valence-electron chi connectivity index (χ3n) is 2.77. The maximum Gasteiger partial charge on any atom is 0.306 e. The molecule has 5 heteroatoms. The molecule has 0 fully saturated rings. The van der Waals surface area contributed by atoms with E-state index in [1.165, 1.54) is 12.1 Å². The van der Waals surface area contributed by atoms with E-state index in [1.807, 2.05) is 0 Å². The molecular weight excluding hydrogens is 350 g/mol. The van der Waals surface area contributed by atoms with Gasteiger partial charge in [-0.1, -0.05) is 46.3 Å². The molecule has 2 aromatic carbocycles. The number of hydrogen-bond donors (Lipinski definition) is 0. The normalized spacial score (nSPS) is 11.4.